The van der Waals surface area contributed by atoms with Gasteiger partial charge >= 0.3 is 41.7 Å². The fourth-order valence-electron chi connectivity index (χ4n) is 3.35. The number of nitrogens with zero attached hydrogens (tertiary/aromatic N) is 2. The van der Waals surface area contributed by atoms with Crippen LogP contribution in [0.3, 0.4) is 0 Å². The monoisotopic (exact) mass is 486 g/mol. The summed E-state index contributed by atoms with van der Waals surface area (Å²) in [5, 5.41) is 13.1. The number of carbonyl (C=O) groups excluding carboxylic acids is 1. The Morgan fingerprint density at radius 1 is 1.03 bits per heavy atom. The molecule has 11 heteroatoms. The van der Waals surface area contributed by atoms with Crippen LogP contribution in [-0.4, -0.2) is 26.8 Å². The van der Waals surface area contributed by atoms with Gasteiger partial charge in [-0.1, -0.05) is 41.9 Å². The fourth-order valence-corrected chi connectivity index (χ4v) is 3.61. The molecule has 0 fully saturated rings. The van der Waals surface area contributed by atoms with E-state index >= 15 is 0 Å². The minimum atomic E-state index is -4.84. The Kier molecular flexibility index (Phi) is 6.99. The normalized spacial score (nSPS) is 11.3. The van der Waals surface area contributed by atoms with E-state index < -0.39 is 45.6 Å². The zero-order chi connectivity index (χ0) is 23.2. The van der Waals surface area contributed by atoms with E-state index in [2.05, 4.69) is 5.10 Å². The first kappa shape index (κ1) is 24.9. The molecule has 33 heavy (non-hydrogen) atoms. The number of alkyl halides is 3. The van der Waals surface area contributed by atoms with Crippen LogP contribution in [0.25, 0.3) is 22.2 Å². The van der Waals surface area contributed by atoms with Gasteiger partial charge in [-0.05, 0) is 30.3 Å². The fraction of sp³-hybridized carbons (Fsp3) is 0.0455. The van der Waals surface area contributed by atoms with Gasteiger partial charge in [0.05, 0.1) is 27.2 Å². The molecule has 0 saturated carbocycles. The molecule has 0 bridgehead atoms. The van der Waals surface area contributed by atoms with Gasteiger partial charge in [0.25, 0.3) is 5.91 Å². The predicted octanol–water partition coefficient (Wildman–Crippen LogP) is 3.02. The molecule has 4 aromatic rings. The number of halogens is 5. The van der Waals surface area contributed by atoms with Crippen molar-refractivity contribution in [3.05, 3.63) is 88.2 Å². The number of hydrogen-bond donors (Lipinski definition) is 1. The van der Waals surface area contributed by atoms with E-state index in [0.717, 1.165) is 35.0 Å². The van der Waals surface area contributed by atoms with Crippen molar-refractivity contribution in [2.75, 3.05) is 0 Å². The zero-order valence-corrected chi connectivity index (χ0v) is 19.6. The third-order valence-corrected chi connectivity index (χ3v) is 5.10. The maximum absolute atomic E-state index is 14.2. The molecule has 0 atom stereocenters. The quantitative estimate of drug-likeness (QED) is 0.357. The Balaban J connectivity index is 0.00000204. The van der Waals surface area contributed by atoms with Crippen LogP contribution in [0.1, 0.15) is 27.7 Å². The maximum atomic E-state index is 14.2. The predicted molar refractivity (Wildman–Crippen MR) is 109 cm³/mol. The SMILES string of the molecule is O=C(O)c1ccc(-c2nn(C(=O)c3c(Cl)cccc3C(F)(F)F)c3ccccc23)cc1F.[H-].[Na+]. The van der Waals surface area contributed by atoms with E-state index in [1.165, 1.54) is 12.1 Å². The van der Waals surface area contributed by atoms with Gasteiger partial charge < -0.3 is 6.53 Å². The van der Waals surface area contributed by atoms with Crippen LogP contribution in [0, 0.1) is 5.82 Å². The Labute approximate surface area is 212 Å². The van der Waals surface area contributed by atoms with Crippen LogP contribution < -0.4 is 29.6 Å². The summed E-state index contributed by atoms with van der Waals surface area (Å²) in [7, 11) is 0. The van der Waals surface area contributed by atoms with Crippen molar-refractivity contribution in [2.45, 2.75) is 6.18 Å². The van der Waals surface area contributed by atoms with Gasteiger partial charge in [0.1, 0.15) is 11.5 Å². The van der Waals surface area contributed by atoms with Gasteiger partial charge in [-0.2, -0.15) is 23.0 Å². The number of carboxylic acids is 1. The smallest absolute Gasteiger partial charge is 1.00 e. The van der Waals surface area contributed by atoms with E-state index in [4.69, 9.17) is 16.7 Å². The molecule has 5 nitrogen and oxygen atoms in total. The first-order chi connectivity index (χ1) is 15.1. The second kappa shape index (κ2) is 9.26. The molecule has 3 aromatic carbocycles. The van der Waals surface area contributed by atoms with Crippen molar-refractivity contribution in [1.82, 2.24) is 9.78 Å². The molecule has 0 saturated heterocycles. The van der Waals surface area contributed by atoms with Crippen LogP contribution in [0.5, 0.6) is 0 Å². The van der Waals surface area contributed by atoms with Crippen molar-refractivity contribution in [2.24, 2.45) is 0 Å². The molecule has 1 N–H and O–H groups in total. The average Bonchev–Trinajstić information content (AvgIpc) is 3.12. The summed E-state index contributed by atoms with van der Waals surface area (Å²) in [6, 6.07) is 12.5. The number of carbonyl (C=O) groups is 2. The molecule has 0 radical (unpaired) electrons. The molecule has 4 rings (SSSR count). The summed E-state index contributed by atoms with van der Waals surface area (Å²) in [4.78, 5) is 24.2. The number of hydrogen-bond acceptors (Lipinski definition) is 3. The van der Waals surface area contributed by atoms with Gasteiger partial charge in [-0.15, -0.1) is 0 Å². The van der Waals surface area contributed by atoms with E-state index in [1.807, 2.05) is 0 Å². The average molecular weight is 487 g/mol. The van der Waals surface area contributed by atoms with Gasteiger partial charge in [0, 0.05) is 10.9 Å². The second-order valence-corrected chi connectivity index (χ2v) is 7.15. The second-order valence-electron chi connectivity index (χ2n) is 6.74. The molecular formula is C22H12ClF4N2NaO3. The maximum Gasteiger partial charge on any atom is 1.00 e. The van der Waals surface area contributed by atoms with Gasteiger partial charge in [-0.3, -0.25) is 4.79 Å². The van der Waals surface area contributed by atoms with Crippen molar-refractivity contribution < 1.29 is 63.2 Å². The number of benzene rings is 3. The van der Waals surface area contributed by atoms with Gasteiger partial charge in [-0.25, -0.2) is 9.18 Å². The number of para-hydroxylation sites is 1. The zero-order valence-electron chi connectivity index (χ0n) is 17.8. The standard InChI is InChI=1S/C22H11ClF4N2O3.Na.H/c23-15-6-3-5-14(22(25,26)27)18(15)20(30)29-17-7-2-1-4-13(17)19(28-29)11-8-9-12(21(31)32)16(24)10-11;;/h1-10H,(H,31,32);;/q;+1;-1. The van der Waals surface area contributed by atoms with Crippen LogP contribution in [0.4, 0.5) is 17.6 Å². The number of aromatic nitrogens is 2. The summed E-state index contributed by atoms with van der Waals surface area (Å²) in [5.41, 5.74) is -2.14. The number of aromatic carboxylic acids is 1. The Morgan fingerprint density at radius 3 is 2.36 bits per heavy atom. The van der Waals surface area contributed by atoms with E-state index in [1.54, 1.807) is 18.2 Å². The third-order valence-electron chi connectivity index (χ3n) is 4.79. The first-order valence-corrected chi connectivity index (χ1v) is 9.38. The molecule has 0 aliphatic carbocycles. The van der Waals surface area contributed by atoms with Crippen LogP contribution in [-0.2, 0) is 6.18 Å². The van der Waals surface area contributed by atoms with Crippen molar-refractivity contribution in [1.29, 1.82) is 0 Å². The Hall–Kier alpha value is -2.72. The molecule has 0 aliphatic heterocycles. The molecule has 0 amide bonds. The van der Waals surface area contributed by atoms with Crippen LogP contribution >= 0.6 is 11.6 Å². The third kappa shape index (κ3) is 4.54. The number of rotatable bonds is 3. The van der Waals surface area contributed by atoms with Crippen molar-refractivity contribution in [3.63, 3.8) is 0 Å². The van der Waals surface area contributed by atoms with Gasteiger partial charge in [0.2, 0.25) is 0 Å². The van der Waals surface area contributed by atoms with Crippen molar-refractivity contribution in [3.8, 4) is 11.3 Å². The largest absolute Gasteiger partial charge is 1.00 e. The molecule has 0 aliphatic rings. The minimum Gasteiger partial charge on any atom is -1.00 e. The number of fused-ring (bicyclic) bond motifs is 1. The van der Waals surface area contributed by atoms with Crippen LogP contribution in [0.2, 0.25) is 5.02 Å². The van der Waals surface area contributed by atoms with E-state index in [9.17, 15) is 27.2 Å². The topological polar surface area (TPSA) is 72.2 Å². The van der Waals surface area contributed by atoms with Crippen molar-refractivity contribution >= 4 is 34.4 Å². The Morgan fingerprint density at radius 2 is 1.73 bits per heavy atom. The summed E-state index contributed by atoms with van der Waals surface area (Å²) in [6.07, 6.45) is -4.84. The summed E-state index contributed by atoms with van der Waals surface area (Å²) < 4.78 is 55.5. The Bertz CT molecular complexity index is 1410. The molecule has 1 aromatic heterocycles. The molecule has 0 unspecified atom stereocenters. The van der Waals surface area contributed by atoms with Gasteiger partial charge in [0.15, 0.2) is 0 Å². The van der Waals surface area contributed by atoms with Crippen LogP contribution in [0.15, 0.2) is 60.7 Å². The molecule has 1 heterocycles. The molecule has 0 spiro atoms. The molecule has 164 valence electrons. The summed E-state index contributed by atoms with van der Waals surface area (Å²) in [6.45, 7) is 0. The van der Waals surface area contributed by atoms with E-state index in [0.29, 0.717) is 5.39 Å². The molecular weight excluding hydrogens is 475 g/mol. The first-order valence-electron chi connectivity index (χ1n) is 9.01. The summed E-state index contributed by atoms with van der Waals surface area (Å²) in [5.74, 6) is -3.60. The summed E-state index contributed by atoms with van der Waals surface area (Å²) >= 11 is 5.96. The number of carboxylic acid groups (broad SMARTS) is 1. The van der Waals surface area contributed by atoms with E-state index in [-0.39, 0.29) is 47.8 Å². The minimum absolute atomic E-state index is 0.